The summed E-state index contributed by atoms with van der Waals surface area (Å²) in [6, 6.07) is 3.70. The van der Waals surface area contributed by atoms with Crippen molar-refractivity contribution in [3.05, 3.63) is 28.1 Å². The number of aryl methyl sites for hydroxylation is 2. The molecule has 0 unspecified atom stereocenters. The van der Waals surface area contributed by atoms with E-state index in [1.165, 1.54) is 0 Å². The van der Waals surface area contributed by atoms with Crippen molar-refractivity contribution < 1.29 is 4.42 Å². The van der Waals surface area contributed by atoms with Gasteiger partial charge in [-0.2, -0.15) is 19.6 Å². The molecule has 0 radical (unpaired) electrons. The zero-order valence-corrected chi connectivity index (χ0v) is 11.4. The molecule has 7 heteroatoms. The van der Waals surface area contributed by atoms with Crippen molar-refractivity contribution >= 4 is 27.5 Å². The van der Waals surface area contributed by atoms with E-state index in [1.807, 2.05) is 26.0 Å². The largest absolute Gasteiger partial charge is 0.458 e. The first kappa shape index (κ1) is 11.2. The lowest BCUT2D eigenvalue weighted by atomic mass is 10.4. The Bertz CT molecular complexity index is 745. The highest BCUT2D eigenvalue weighted by Crippen LogP contribution is 2.26. The predicted octanol–water partition coefficient (Wildman–Crippen LogP) is 2.35. The number of rotatable bonds is 1. The van der Waals surface area contributed by atoms with E-state index in [0.29, 0.717) is 17.2 Å². The fourth-order valence-corrected chi connectivity index (χ4v) is 2.08. The normalized spacial score (nSPS) is 11.3. The van der Waals surface area contributed by atoms with E-state index in [2.05, 4.69) is 31.0 Å². The summed E-state index contributed by atoms with van der Waals surface area (Å²) in [5.41, 5.74) is 7.17. The minimum Gasteiger partial charge on any atom is -0.458 e. The molecule has 0 bridgehead atoms. The third-order valence-corrected chi connectivity index (χ3v) is 3.50. The van der Waals surface area contributed by atoms with Crippen LogP contribution in [0.5, 0.6) is 0 Å². The molecular weight excluding hydrogens is 298 g/mol. The van der Waals surface area contributed by atoms with Gasteiger partial charge in [-0.3, -0.25) is 0 Å². The van der Waals surface area contributed by atoms with E-state index in [0.717, 1.165) is 15.9 Å². The lowest BCUT2D eigenvalue weighted by Gasteiger charge is -2.01. The van der Waals surface area contributed by atoms with Crippen molar-refractivity contribution in [2.75, 3.05) is 5.73 Å². The van der Waals surface area contributed by atoms with Gasteiger partial charge in [0.1, 0.15) is 5.76 Å². The second-order valence-corrected chi connectivity index (χ2v) is 4.74. The Balaban J connectivity index is 2.38. The van der Waals surface area contributed by atoms with Crippen LogP contribution in [0.3, 0.4) is 0 Å². The monoisotopic (exact) mass is 307 g/mol. The van der Waals surface area contributed by atoms with Gasteiger partial charge >= 0.3 is 0 Å². The first-order valence-electron chi connectivity index (χ1n) is 5.31. The summed E-state index contributed by atoms with van der Waals surface area (Å²) >= 11 is 3.44. The Kier molecular flexibility index (Phi) is 2.37. The van der Waals surface area contributed by atoms with Crippen molar-refractivity contribution in [1.82, 2.24) is 19.6 Å². The summed E-state index contributed by atoms with van der Waals surface area (Å²) < 4.78 is 7.99. The van der Waals surface area contributed by atoms with Crippen LogP contribution in [0, 0.1) is 13.8 Å². The number of nitrogens with zero attached hydrogens (tertiary/aromatic N) is 4. The molecule has 0 amide bonds. The molecule has 0 saturated carbocycles. The van der Waals surface area contributed by atoms with Gasteiger partial charge in [-0.15, -0.1) is 0 Å². The lowest BCUT2D eigenvalue weighted by Crippen LogP contribution is -2.04. The van der Waals surface area contributed by atoms with Gasteiger partial charge in [0, 0.05) is 0 Å². The summed E-state index contributed by atoms with van der Waals surface area (Å²) in [6.07, 6.45) is 0. The van der Waals surface area contributed by atoms with Crippen LogP contribution in [0.4, 0.5) is 5.95 Å². The van der Waals surface area contributed by atoms with Gasteiger partial charge in [0.2, 0.25) is 11.8 Å². The molecule has 0 aliphatic heterocycles. The van der Waals surface area contributed by atoms with E-state index in [-0.39, 0.29) is 5.95 Å². The summed E-state index contributed by atoms with van der Waals surface area (Å²) in [4.78, 5) is 8.36. The Morgan fingerprint density at radius 1 is 1.28 bits per heavy atom. The highest BCUT2D eigenvalue weighted by atomic mass is 79.9. The third kappa shape index (κ3) is 1.59. The molecular formula is C11H10BrN5O. The molecule has 0 aliphatic carbocycles. The van der Waals surface area contributed by atoms with Crippen LogP contribution >= 0.6 is 15.9 Å². The molecule has 18 heavy (non-hydrogen) atoms. The van der Waals surface area contributed by atoms with Crippen LogP contribution in [0.1, 0.15) is 11.5 Å². The second kappa shape index (κ2) is 3.81. The fourth-order valence-electron chi connectivity index (χ4n) is 1.74. The highest BCUT2D eigenvalue weighted by molar-refractivity contribution is 9.10. The quantitative estimate of drug-likeness (QED) is 0.746. The van der Waals surface area contributed by atoms with Crippen LogP contribution < -0.4 is 5.73 Å². The summed E-state index contributed by atoms with van der Waals surface area (Å²) in [7, 11) is 0. The van der Waals surface area contributed by atoms with Crippen LogP contribution in [-0.2, 0) is 0 Å². The molecule has 0 aliphatic rings. The topological polar surface area (TPSA) is 82.2 Å². The average molecular weight is 308 g/mol. The van der Waals surface area contributed by atoms with Gasteiger partial charge in [0.05, 0.1) is 10.2 Å². The van der Waals surface area contributed by atoms with Crippen LogP contribution in [0.25, 0.3) is 17.2 Å². The second-order valence-electron chi connectivity index (χ2n) is 3.95. The Morgan fingerprint density at radius 2 is 2.06 bits per heavy atom. The number of anilines is 1. The number of halogens is 1. The van der Waals surface area contributed by atoms with Gasteiger partial charge in [-0.1, -0.05) is 0 Å². The van der Waals surface area contributed by atoms with E-state index < -0.39 is 0 Å². The van der Waals surface area contributed by atoms with Crippen LogP contribution in [0.2, 0.25) is 0 Å². The minimum absolute atomic E-state index is 0.187. The molecule has 3 aromatic rings. The van der Waals surface area contributed by atoms with E-state index >= 15 is 0 Å². The standard InChI is InChI=1S/C11H10BrN5O/c1-5-3-4-7(18-5)9-14-11(13)15-10-8(12)6(2)16-17(9)10/h3-4H,1-2H3,(H2,13,15). The third-order valence-electron chi connectivity index (χ3n) is 2.57. The molecule has 2 N–H and O–H groups in total. The fraction of sp³-hybridized carbons (Fsp3) is 0.182. The zero-order valence-electron chi connectivity index (χ0n) is 9.81. The molecule has 0 spiro atoms. The van der Waals surface area contributed by atoms with E-state index in [1.54, 1.807) is 4.52 Å². The van der Waals surface area contributed by atoms with Crippen molar-refractivity contribution in [2.24, 2.45) is 0 Å². The molecule has 92 valence electrons. The molecule has 3 aromatic heterocycles. The first-order chi connectivity index (χ1) is 8.56. The van der Waals surface area contributed by atoms with Gasteiger partial charge in [-0.05, 0) is 41.9 Å². The Labute approximate surface area is 111 Å². The maximum atomic E-state index is 5.72. The molecule has 6 nitrogen and oxygen atoms in total. The van der Waals surface area contributed by atoms with Gasteiger partial charge in [0.25, 0.3) is 0 Å². The lowest BCUT2D eigenvalue weighted by molar-refractivity contribution is 0.541. The first-order valence-corrected chi connectivity index (χ1v) is 6.10. The minimum atomic E-state index is 0.187. The van der Waals surface area contributed by atoms with Gasteiger partial charge < -0.3 is 10.2 Å². The number of hydrogen-bond acceptors (Lipinski definition) is 5. The van der Waals surface area contributed by atoms with Crippen LogP contribution in [-0.4, -0.2) is 19.6 Å². The maximum absolute atomic E-state index is 5.72. The molecule has 0 saturated heterocycles. The summed E-state index contributed by atoms with van der Waals surface area (Å²) in [5.74, 6) is 2.14. The van der Waals surface area contributed by atoms with Crippen molar-refractivity contribution in [1.29, 1.82) is 0 Å². The van der Waals surface area contributed by atoms with Crippen LogP contribution in [0.15, 0.2) is 21.0 Å². The Hall–Kier alpha value is -1.89. The van der Waals surface area contributed by atoms with E-state index in [4.69, 9.17) is 10.2 Å². The summed E-state index contributed by atoms with van der Waals surface area (Å²) in [6.45, 7) is 3.75. The highest BCUT2D eigenvalue weighted by Gasteiger charge is 2.16. The van der Waals surface area contributed by atoms with Crippen molar-refractivity contribution in [3.8, 4) is 11.6 Å². The summed E-state index contributed by atoms with van der Waals surface area (Å²) in [5, 5.41) is 4.37. The van der Waals surface area contributed by atoms with Crippen molar-refractivity contribution in [3.63, 3.8) is 0 Å². The van der Waals surface area contributed by atoms with Gasteiger partial charge in [-0.25, -0.2) is 0 Å². The number of nitrogens with two attached hydrogens (primary N) is 1. The molecule has 0 atom stereocenters. The molecule has 3 rings (SSSR count). The van der Waals surface area contributed by atoms with Gasteiger partial charge in [0.15, 0.2) is 11.4 Å². The zero-order chi connectivity index (χ0) is 12.9. The molecule has 3 heterocycles. The number of fused-ring (bicyclic) bond motifs is 1. The number of furan rings is 1. The smallest absolute Gasteiger partial charge is 0.224 e. The van der Waals surface area contributed by atoms with Crippen molar-refractivity contribution in [2.45, 2.75) is 13.8 Å². The SMILES string of the molecule is Cc1ccc(-c2nc(N)nc3c(Br)c(C)nn23)o1. The number of aromatic nitrogens is 4. The molecule has 0 aromatic carbocycles. The number of nitrogen functional groups attached to an aromatic ring is 1. The number of hydrogen-bond donors (Lipinski definition) is 1. The van der Waals surface area contributed by atoms with E-state index in [9.17, 15) is 0 Å². The maximum Gasteiger partial charge on any atom is 0.224 e. The Morgan fingerprint density at radius 3 is 2.72 bits per heavy atom. The average Bonchev–Trinajstić information content (AvgIpc) is 2.86. The predicted molar refractivity (Wildman–Crippen MR) is 70.1 cm³/mol. The molecule has 0 fully saturated rings.